The van der Waals surface area contributed by atoms with Crippen molar-refractivity contribution in [2.75, 3.05) is 45.8 Å². The summed E-state index contributed by atoms with van der Waals surface area (Å²) < 4.78 is 39.6. The molecule has 25 heavy (non-hydrogen) atoms. The molecule has 0 radical (unpaired) electrons. The zero-order valence-corrected chi connectivity index (χ0v) is 15.0. The van der Waals surface area contributed by atoms with E-state index in [1.54, 1.807) is 0 Å². The normalized spacial score (nSPS) is 20.6. The number of nitrogens with zero attached hydrogens (tertiary/aromatic N) is 3. The standard InChI is InChI=1S/C17H24FN3O3S/c18-15-4-6-16(7-5-15)25(23,24)21-12-10-19(11-13-21)14-17(22)20-8-2-1-3-9-20/h4-7H,1-3,8-14H2. The van der Waals surface area contributed by atoms with Gasteiger partial charge in [-0.15, -0.1) is 0 Å². The second-order valence-electron chi connectivity index (χ2n) is 6.58. The topological polar surface area (TPSA) is 60.9 Å². The van der Waals surface area contributed by atoms with Gasteiger partial charge in [-0.05, 0) is 43.5 Å². The summed E-state index contributed by atoms with van der Waals surface area (Å²) in [7, 11) is -3.61. The highest BCUT2D eigenvalue weighted by Gasteiger charge is 2.29. The molecular formula is C17H24FN3O3S. The van der Waals surface area contributed by atoms with Gasteiger partial charge in [0.15, 0.2) is 0 Å². The monoisotopic (exact) mass is 369 g/mol. The SMILES string of the molecule is O=C(CN1CCN(S(=O)(=O)c2ccc(F)cc2)CC1)N1CCCCC1. The molecule has 0 unspecified atom stereocenters. The number of amides is 1. The summed E-state index contributed by atoms with van der Waals surface area (Å²) in [6.07, 6.45) is 3.31. The Hall–Kier alpha value is -1.51. The van der Waals surface area contributed by atoms with Gasteiger partial charge >= 0.3 is 0 Å². The van der Waals surface area contributed by atoms with E-state index in [0.717, 1.165) is 38.1 Å². The molecule has 2 aliphatic heterocycles. The molecule has 6 nitrogen and oxygen atoms in total. The highest BCUT2D eigenvalue weighted by molar-refractivity contribution is 7.89. The molecule has 1 aromatic carbocycles. The number of hydrogen-bond donors (Lipinski definition) is 0. The van der Waals surface area contributed by atoms with Crippen LogP contribution < -0.4 is 0 Å². The average Bonchev–Trinajstić information content (AvgIpc) is 2.63. The van der Waals surface area contributed by atoms with E-state index in [4.69, 9.17) is 0 Å². The molecule has 138 valence electrons. The molecule has 2 heterocycles. The molecule has 2 saturated heterocycles. The lowest BCUT2D eigenvalue weighted by atomic mass is 10.1. The van der Waals surface area contributed by atoms with E-state index in [9.17, 15) is 17.6 Å². The maximum atomic E-state index is 13.0. The second-order valence-corrected chi connectivity index (χ2v) is 8.51. The molecule has 0 saturated carbocycles. The lowest BCUT2D eigenvalue weighted by molar-refractivity contribution is -0.133. The molecule has 3 rings (SSSR count). The maximum absolute atomic E-state index is 13.0. The Morgan fingerprint density at radius 1 is 0.920 bits per heavy atom. The molecular weight excluding hydrogens is 345 g/mol. The third kappa shape index (κ3) is 4.37. The summed E-state index contributed by atoms with van der Waals surface area (Å²) >= 11 is 0. The number of sulfonamides is 1. The molecule has 0 spiro atoms. The van der Waals surface area contributed by atoms with Crippen molar-refractivity contribution in [1.29, 1.82) is 0 Å². The van der Waals surface area contributed by atoms with Crippen LogP contribution in [-0.2, 0) is 14.8 Å². The van der Waals surface area contributed by atoms with Gasteiger partial charge in [0.2, 0.25) is 15.9 Å². The van der Waals surface area contributed by atoms with Gasteiger partial charge in [-0.3, -0.25) is 9.69 Å². The van der Waals surface area contributed by atoms with Crippen LogP contribution in [0.4, 0.5) is 4.39 Å². The van der Waals surface area contributed by atoms with Crippen LogP contribution in [0.25, 0.3) is 0 Å². The Morgan fingerprint density at radius 2 is 1.52 bits per heavy atom. The van der Waals surface area contributed by atoms with Crippen molar-refractivity contribution >= 4 is 15.9 Å². The van der Waals surface area contributed by atoms with Gasteiger partial charge in [-0.25, -0.2) is 12.8 Å². The maximum Gasteiger partial charge on any atom is 0.243 e. The largest absolute Gasteiger partial charge is 0.342 e. The molecule has 0 N–H and O–H groups in total. The number of rotatable bonds is 4. The van der Waals surface area contributed by atoms with E-state index in [1.165, 1.54) is 22.9 Å². The Balaban J connectivity index is 1.54. The van der Waals surface area contributed by atoms with Gasteiger partial charge in [0.05, 0.1) is 11.4 Å². The predicted molar refractivity (Wildman–Crippen MR) is 92.0 cm³/mol. The number of benzene rings is 1. The Kier molecular flexibility index (Phi) is 5.71. The molecule has 0 aliphatic carbocycles. The van der Waals surface area contributed by atoms with E-state index in [-0.39, 0.29) is 10.8 Å². The Labute approximate surface area is 148 Å². The van der Waals surface area contributed by atoms with Crippen LogP contribution in [0.3, 0.4) is 0 Å². The van der Waals surface area contributed by atoms with Gasteiger partial charge in [0.25, 0.3) is 0 Å². The van der Waals surface area contributed by atoms with Crippen molar-refractivity contribution in [3.63, 3.8) is 0 Å². The fourth-order valence-electron chi connectivity index (χ4n) is 3.32. The van der Waals surface area contributed by atoms with E-state index in [0.29, 0.717) is 32.7 Å². The van der Waals surface area contributed by atoms with Crippen LogP contribution in [0.1, 0.15) is 19.3 Å². The highest BCUT2D eigenvalue weighted by Crippen LogP contribution is 2.18. The van der Waals surface area contributed by atoms with Crippen LogP contribution in [0, 0.1) is 5.82 Å². The molecule has 1 aromatic rings. The molecule has 0 bridgehead atoms. The molecule has 2 aliphatic rings. The number of carbonyl (C=O) groups excluding carboxylic acids is 1. The fourth-order valence-corrected chi connectivity index (χ4v) is 4.74. The molecule has 1 amide bonds. The van der Waals surface area contributed by atoms with Gasteiger partial charge in [0, 0.05) is 39.3 Å². The number of likely N-dealkylation sites (tertiary alicyclic amines) is 1. The third-order valence-corrected chi connectivity index (χ3v) is 6.76. The minimum Gasteiger partial charge on any atom is -0.342 e. The van der Waals surface area contributed by atoms with Gasteiger partial charge in [0.1, 0.15) is 5.82 Å². The lowest BCUT2D eigenvalue weighted by Crippen LogP contribution is -2.51. The summed E-state index contributed by atoms with van der Waals surface area (Å²) in [5, 5.41) is 0. The first kappa shape index (κ1) is 18.3. The number of piperidine rings is 1. The number of hydrogen-bond acceptors (Lipinski definition) is 4. The van der Waals surface area contributed by atoms with Crippen molar-refractivity contribution < 1.29 is 17.6 Å². The van der Waals surface area contributed by atoms with Crippen molar-refractivity contribution in [2.45, 2.75) is 24.2 Å². The highest BCUT2D eigenvalue weighted by atomic mass is 32.2. The molecule has 2 fully saturated rings. The van der Waals surface area contributed by atoms with Crippen molar-refractivity contribution in [3.8, 4) is 0 Å². The van der Waals surface area contributed by atoms with Gasteiger partial charge in [-0.1, -0.05) is 0 Å². The number of piperazine rings is 1. The predicted octanol–water partition coefficient (Wildman–Crippen LogP) is 1.14. The zero-order valence-electron chi connectivity index (χ0n) is 14.2. The number of halogens is 1. The van der Waals surface area contributed by atoms with Crippen LogP contribution in [0.15, 0.2) is 29.2 Å². The zero-order chi connectivity index (χ0) is 17.9. The van der Waals surface area contributed by atoms with E-state index in [2.05, 4.69) is 0 Å². The quantitative estimate of drug-likeness (QED) is 0.799. The number of carbonyl (C=O) groups is 1. The fraction of sp³-hybridized carbons (Fsp3) is 0.588. The minimum atomic E-state index is -3.61. The summed E-state index contributed by atoms with van der Waals surface area (Å²) in [6.45, 7) is 3.75. The molecule has 0 atom stereocenters. The van der Waals surface area contributed by atoms with Crippen molar-refractivity contribution in [1.82, 2.24) is 14.1 Å². The van der Waals surface area contributed by atoms with Crippen LogP contribution >= 0.6 is 0 Å². The van der Waals surface area contributed by atoms with Gasteiger partial charge in [-0.2, -0.15) is 4.31 Å². The van der Waals surface area contributed by atoms with Gasteiger partial charge < -0.3 is 4.90 Å². The summed E-state index contributed by atoms with van der Waals surface area (Å²) in [6, 6.07) is 4.88. The Bertz CT molecular complexity index is 694. The third-order valence-electron chi connectivity index (χ3n) is 4.85. The Morgan fingerprint density at radius 3 is 2.12 bits per heavy atom. The first-order valence-corrected chi connectivity index (χ1v) is 10.2. The molecule has 0 aromatic heterocycles. The van der Waals surface area contributed by atoms with Crippen LogP contribution in [0.2, 0.25) is 0 Å². The van der Waals surface area contributed by atoms with Crippen LogP contribution in [-0.4, -0.2) is 74.2 Å². The van der Waals surface area contributed by atoms with E-state index < -0.39 is 15.8 Å². The van der Waals surface area contributed by atoms with Crippen molar-refractivity contribution in [3.05, 3.63) is 30.1 Å². The van der Waals surface area contributed by atoms with E-state index in [1.807, 2.05) is 9.80 Å². The first-order chi connectivity index (χ1) is 12.0. The molecule has 8 heteroatoms. The van der Waals surface area contributed by atoms with Crippen molar-refractivity contribution in [2.24, 2.45) is 0 Å². The summed E-state index contributed by atoms with van der Waals surface area (Å²) in [4.78, 5) is 16.3. The summed E-state index contributed by atoms with van der Waals surface area (Å²) in [5.74, 6) is -0.325. The lowest BCUT2D eigenvalue weighted by Gasteiger charge is -2.35. The second kappa shape index (κ2) is 7.80. The average molecular weight is 369 g/mol. The van der Waals surface area contributed by atoms with E-state index >= 15 is 0 Å². The smallest absolute Gasteiger partial charge is 0.243 e. The minimum absolute atomic E-state index is 0.103. The summed E-state index contributed by atoms with van der Waals surface area (Å²) in [5.41, 5.74) is 0. The first-order valence-electron chi connectivity index (χ1n) is 8.73. The van der Waals surface area contributed by atoms with Crippen LogP contribution in [0.5, 0.6) is 0 Å².